The first kappa shape index (κ1) is 22.5. The summed E-state index contributed by atoms with van der Waals surface area (Å²) in [6.45, 7) is 4.48. The van der Waals surface area contributed by atoms with Crippen molar-refractivity contribution in [3.05, 3.63) is 53.1 Å². The number of nitrogens with zero attached hydrogens (tertiary/aromatic N) is 3. The number of fused-ring (bicyclic) bond motifs is 2. The Morgan fingerprint density at radius 1 is 1.22 bits per heavy atom. The molecule has 4 N–H and O–H groups in total. The molecule has 9 heteroatoms. The number of amidine groups is 1. The first-order valence-electron chi connectivity index (χ1n) is 10.7. The van der Waals surface area contributed by atoms with Crippen molar-refractivity contribution in [3.8, 4) is 0 Å². The fourth-order valence-corrected chi connectivity index (χ4v) is 4.19. The number of carbonyl (C=O) groups is 1. The van der Waals surface area contributed by atoms with Crippen LogP contribution in [0.3, 0.4) is 0 Å². The second-order valence-electron chi connectivity index (χ2n) is 8.07. The number of esters is 1. The molecule has 0 aromatic heterocycles. The van der Waals surface area contributed by atoms with E-state index in [1.54, 1.807) is 6.92 Å². The Labute approximate surface area is 192 Å². The summed E-state index contributed by atoms with van der Waals surface area (Å²) in [6.07, 6.45) is 0. The van der Waals surface area contributed by atoms with Gasteiger partial charge in [-0.2, -0.15) is 0 Å². The Hall–Kier alpha value is -2.65. The standard InChI is InChI=1S/C23H28ClN5O3/c1-2-32-22(31)23(25,15-30)14-28-9-11-29(12-10-28)21-17-5-3-4-6-18(17)26-19-8-7-16(24)13-20(19)27-21/h3-8,13,26,30H,2,9-12,14-15,25H2,1H3. The minimum atomic E-state index is -1.43. The lowest BCUT2D eigenvalue weighted by molar-refractivity contribution is -0.152. The number of rotatable bonds is 5. The summed E-state index contributed by atoms with van der Waals surface area (Å²) in [5, 5.41) is 13.8. The van der Waals surface area contributed by atoms with Crippen molar-refractivity contribution in [2.75, 3.05) is 51.3 Å². The van der Waals surface area contributed by atoms with Gasteiger partial charge in [-0.15, -0.1) is 0 Å². The molecule has 2 aromatic rings. The molecule has 0 aliphatic carbocycles. The first-order valence-corrected chi connectivity index (χ1v) is 11.1. The largest absolute Gasteiger partial charge is 0.465 e. The lowest BCUT2D eigenvalue weighted by Crippen LogP contribution is -2.62. The molecule has 8 nitrogen and oxygen atoms in total. The van der Waals surface area contributed by atoms with Crippen LogP contribution in [0.5, 0.6) is 0 Å². The molecule has 0 amide bonds. The van der Waals surface area contributed by atoms with Crippen molar-refractivity contribution in [3.63, 3.8) is 0 Å². The molecule has 170 valence electrons. The van der Waals surface area contributed by atoms with E-state index in [2.05, 4.69) is 21.2 Å². The van der Waals surface area contributed by atoms with Gasteiger partial charge in [-0.25, -0.2) is 9.79 Å². The third kappa shape index (κ3) is 4.59. The van der Waals surface area contributed by atoms with Gasteiger partial charge in [-0.1, -0.05) is 23.7 Å². The lowest BCUT2D eigenvalue weighted by Gasteiger charge is -2.39. The number of nitrogens with two attached hydrogens (primary N) is 1. The molecule has 1 atom stereocenters. The highest BCUT2D eigenvalue weighted by molar-refractivity contribution is 6.31. The van der Waals surface area contributed by atoms with Gasteiger partial charge in [0.25, 0.3) is 0 Å². The van der Waals surface area contributed by atoms with Gasteiger partial charge in [0, 0.05) is 49.0 Å². The predicted octanol–water partition coefficient (Wildman–Crippen LogP) is 2.35. The fraction of sp³-hybridized carbons (Fsp3) is 0.391. The molecule has 2 aliphatic rings. The van der Waals surface area contributed by atoms with Crippen molar-refractivity contribution in [2.45, 2.75) is 12.5 Å². The molecular formula is C23H28ClN5O3. The number of para-hydroxylation sites is 1. The van der Waals surface area contributed by atoms with Gasteiger partial charge >= 0.3 is 5.97 Å². The van der Waals surface area contributed by atoms with Crippen LogP contribution in [0.25, 0.3) is 0 Å². The van der Waals surface area contributed by atoms with Crippen LogP contribution in [0, 0.1) is 0 Å². The molecule has 0 spiro atoms. The Morgan fingerprint density at radius 2 is 1.97 bits per heavy atom. The van der Waals surface area contributed by atoms with Gasteiger partial charge in [0.05, 0.1) is 24.6 Å². The minimum Gasteiger partial charge on any atom is -0.465 e. The molecule has 1 saturated heterocycles. The van der Waals surface area contributed by atoms with Gasteiger partial charge in [0.1, 0.15) is 5.84 Å². The third-order valence-electron chi connectivity index (χ3n) is 5.77. The number of hydrogen-bond acceptors (Lipinski definition) is 8. The predicted molar refractivity (Wildman–Crippen MR) is 126 cm³/mol. The summed E-state index contributed by atoms with van der Waals surface area (Å²) in [7, 11) is 0. The number of nitrogens with one attached hydrogen (secondary N) is 1. The quantitative estimate of drug-likeness (QED) is 0.592. The Morgan fingerprint density at radius 3 is 2.69 bits per heavy atom. The van der Waals surface area contributed by atoms with Crippen LogP contribution in [0.2, 0.25) is 5.02 Å². The van der Waals surface area contributed by atoms with E-state index in [9.17, 15) is 9.90 Å². The van der Waals surface area contributed by atoms with E-state index in [0.29, 0.717) is 31.2 Å². The summed E-state index contributed by atoms with van der Waals surface area (Å²) in [4.78, 5) is 21.5. The minimum absolute atomic E-state index is 0.227. The third-order valence-corrected chi connectivity index (χ3v) is 6.00. The zero-order valence-electron chi connectivity index (χ0n) is 18.1. The van der Waals surface area contributed by atoms with E-state index in [-0.39, 0.29) is 13.2 Å². The van der Waals surface area contributed by atoms with E-state index >= 15 is 0 Å². The number of anilines is 2. The average Bonchev–Trinajstić information content (AvgIpc) is 2.96. The zero-order chi connectivity index (χ0) is 22.7. The van der Waals surface area contributed by atoms with Crippen molar-refractivity contribution >= 4 is 40.5 Å². The number of ether oxygens (including phenoxy) is 1. The number of piperazine rings is 1. The molecule has 1 unspecified atom stereocenters. The molecule has 2 aliphatic heterocycles. The maximum absolute atomic E-state index is 12.2. The van der Waals surface area contributed by atoms with Crippen molar-refractivity contribution in [1.82, 2.24) is 9.80 Å². The number of benzene rings is 2. The SMILES string of the molecule is CCOC(=O)C(N)(CO)CN1CCN(C2=Nc3cc(Cl)ccc3Nc3ccccc32)CC1. The topological polar surface area (TPSA) is 103 Å². The molecule has 1 fully saturated rings. The van der Waals surface area contributed by atoms with E-state index < -0.39 is 18.1 Å². The van der Waals surface area contributed by atoms with Crippen LogP contribution in [0.4, 0.5) is 17.1 Å². The lowest BCUT2D eigenvalue weighted by atomic mass is 10.0. The normalized spacial score (nSPS) is 17.9. The first-order chi connectivity index (χ1) is 15.4. The Bertz CT molecular complexity index is 1020. The van der Waals surface area contributed by atoms with Crippen molar-refractivity contribution < 1.29 is 14.6 Å². The van der Waals surface area contributed by atoms with Crippen LogP contribution in [0.15, 0.2) is 47.5 Å². The number of halogens is 1. The maximum atomic E-state index is 12.2. The number of hydrogen-bond donors (Lipinski definition) is 3. The number of aliphatic hydroxyl groups excluding tert-OH is 1. The molecule has 0 saturated carbocycles. The van der Waals surface area contributed by atoms with Crippen LogP contribution >= 0.6 is 11.6 Å². The van der Waals surface area contributed by atoms with Crippen LogP contribution in [-0.2, 0) is 9.53 Å². The van der Waals surface area contributed by atoms with E-state index in [4.69, 9.17) is 27.1 Å². The van der Waals surface area contributed by atoms with Gasteiger partial charge in [-0.3, -0.25) is 4.90 Å². The highest BCUT2D eigenvalue weighted by atomic mass is 35.5. The molecule has 32 heavy (non-hydrogen) atoms. The zero-order valence-corrected chi connectivity index (χ0v) is 18.8. The van der Waals surface area contributed by atoms with Crippen LogP contribution in [-0.4, -0.2) is 78.2 Å². The van der Waals surface area contributed by atoms with Crippen molar-refractivity contribution in [2.24, 2.45) is 10.7 Å². The monoisotopic (exact) mass is 457 g/mol. The molecular weight excluding hydrogens is 430 g/mol. The van der Waals surface area contributed by atoms with Gasteiger partial charge in [-0.05, 0) is 37.3 Å². The maximum Gasteiger partial charge on any atom is 0.329 e. The van der Waals surface area contributed by atoms with Crippen LogP contribution < -0.4 is 11.1 Å². The number of aliphatic hydroxyl groups is 1. The molecule has 2 heterocycles. The number of carbonyl (C=O) groups excluding carboxylic acids is 1. The summed E-state index contributed by atoms with van der Waals surface area (Å²) < 4.78 is 5.05. The highest BCUT2D eigenvalue weighted by Crippen LogP contribution is 2.36. The van der Waals surface area contributed by atoms with E-state index in [1.807, 2.05) is 36.4 Å². The summed E-state index contributed by atoms with van der Waals surface area (Å²) in [6, 6.07) is 13.7. The summed E-state index contributed by atoms with van der Waals surface area (Å²) in [5.41, 5.74) is 8.43. The fourth-order valence-electron chi connectivity index (χ4n) is 4.02. The smallest absolute Gasteiger partial charge is 0.329 e. The van der Waals surface area contributed by atoms with E-state index in [0.717, 1.165) is 28.5 Å². The molecule has 0 bridgehead atoms. The van der Waals surface area contributed by atoms with E-state index in [1.165, 1.54) is 0 Å². The molecule has 0 radical (unpaired) electrons. The molecule has 2 aromatic carbocycles. The van der Waals surface area contributed by atoms with Gasteiger partial charge < -0.3 is 25.8 Å². The summed E-state index contributed by atoms with van der Waals surface area (Å²) >= 11 is 6.23. The van der Waals surface area contributed by atoms with Crippen LogP contribution in [0.1, 0.15) is 12.5 Å². The summed E-state index contributed by atoms with van der Waals surface area (Å²) in [5.74, 6) is 0.298. The second-order valence-corrected chi connectivity index (χ2v) is 8.50. The van der Waals surface area contributed by atoms with Gasteiger partial charge in [0.15, 0.2) is 5.54 Å². The van der Waals surface area contributed by atoms with Gasteiger partial charge in [0.2, 0.25) is 0 Å². The second kappa shape index (κ2) is 9.46. The van der Waals surface area contributed by atoms with Crippen molar-refractivity contribution in [1.29, 1.82) is 0 Å². The number of aliphatic imine (C=N–C) groups is 1. The Kier molecular flexibility index (Phi) is 6.66. The highest BCUT2D eigenvalue weighted by Gasteiger charge is 2.38. The Balaban J connectivity index is 1.54. The average molecular weight is 458 g/mol. The molecule has 4 rings (SSSR count).